The molecule has 3 rings (SSSR count). The fourth-order valence-corrected chi connectivity index (χ4v) is 3.69. The Hall–Kier alpha value is -1.42. The van der Waals surface area contributed by atoms with E-state index in [0.29, 0.717) is 10.4 Å². The number of hydrogen-bond acceptors (Lipinski definition) is 3. The minimum absolute atomic E-state index is 0.0363. The lowest BCUT2D eigenvalue weighted by atomic mass is 9.68. The number of hydrogen-bond donors (Lipinski definition) is 1. The standard InChI is InChI=1S/C16H21ClN2O2/c1-18(2)11-8-12(17)14(13(20)9-11)15(21)19-7-6-16(10-19)4-3-5-16/h8-9,20H,3-7,10H2,1-2H3. The number of likely N-dealkylation sites (tertiary alicyclic amines) is 1. The summed E-state index contributed by atoms with van der Waals surface area (Å²) < 4.78 is 0. The molecule has 4 nitrogen and oxygen atoms in total. The van der Waals surface area contributed by atoms with Crippen molar-refractivity contribution < 1.29 is 9.90 Å². The van der Waals surface area contributed by atoms with Crippen molar-refractivity contribution in [2.45, 2.75) is 25.7 Å². The second-order valence-electron chi connectivity index (χ2n) is 6.55. The number of anilines is 1. The van der Waals surface area contributed by atoms with Crippen LogP contribution in [0.1, 0.15) is 36.0 Å². The topological polar surface area (TPSA) is 43.8 Å². The largest absolute Gasteiger partial charge is 0.507 e. The van der Waals surface area contributed by atoms with Crippen molar-refractivity contribution in [2.24, 2.45) is 5.41 Å². The number of aromatic hydroxyl groups is 1. The number of carbonyl (C=O) groups excluding carboxylic acids is 1. The Morgan fingerprint density at radius 1 is 1.33 bits per heavy atom. The molecule has 1 amide bonds. The maximum atomic E-state index is 12.7. The van der Waals surface area contributed by atoms with E-state index < -0.39 is 0 Å². The van der Waals surface area contributed by atoms with Gasteiger partial charge in [0.25, 0.3) is 5.91 Å². The molecule has 1 aromatic carbocycles. The zero-order valence-corrected chi connectivity index (χ0v) is 13.3. The highest BCUT2D eigenvalue weighted by atomic mass is 35.5. The van der Waals surface area contributed by atoms with E-state index in [9.17, 15) is 9.90 Å². The Kier molecular flexibility index (Phi) is 3.52. The number of benzene rings is 1. The molecule has 0 radical (unpaired) electrons. The van der Waals surface area contributed by atoms with Gasteiger partial charge in [-0.2, -0.15) is 0 Å². The molecule has 1 saturated heterocycles. The zero-order valence-electron chi connectivity index (χ0n) is 12.5. The van der Waals surface area contributed by atoms with Crippen molar-refractivity contribution >= 4 is 23.2 Å². The van der Waals surface area contributed by atoms with Gasteiger partial charge >= 0.3 is 0 Å². The Morgan fingerprint density at radius 3 is 2.52 bits per heavy atom. The van der Waals surface area contributed by atoms with Gasteiger partial charge in [-0.15, -0.1) is 0 Å². The second kappa shape index (κ2) is 5.09. The molecule has 1 saturated carbocycles. The van der Waals surface area contributed by atoms with Crippen LogP contribution in [0.5, 0.6) is 5.75 Å². The van der Waals surface area contributed by atoms with Crippen LogP contribution in [0.25, 0.3) is 0 Å². The van der Waals surface area contributed by atoms with Gasteiger partial charge in [0.1, 0.15) is 11.3 Å². The molecule has 2 aliphatic rings. The Balaban J connectivity index is 1.85. The number of amides is 1. The van der Waals surface area contributed by atoms with Gasteiger partial charge in [-0.05, 0) is 30.7 Å². The van der Waals surface area contributed by atoms with E-state index in [1.165, 1.54) is 19.3 Å². The quantitative estimate of drug-likeness (QED) is 0.913. The number of phenols is 1. The van der Waals surface area contributed by atoms with E-state index in [-0.39, 0.29) is 17.2 Å². The predicted octanol–water partition coefficient (Wildman–Crippen LogP) is 3.13. The van der Waals surface area contributed by atoms with E-state index in [1.807, 2.05) is 23.9 Å². The molecule has 114 valence electrons. The second-order valence-corrected chi connectivity index (χ2v) is 6.95. The first kappa shape index (κ1) is 14.5. The van der Waals surface area contributed by atoms with Gasteiger partial charge in [0.2, 0.25) is 0 Å². The summed E-state index contributed by atoms with van der Waals surface area (Å²) >= 11 is 6.24. The summed E-state index contributed by atoms with van der Waals surface area (Å²) in [7, 11) is 3.74. The van der Waals surface area contributed by atoms with Crippen molar-refractivity contribution in [1.29, 1.82) is 0 Å². The lowest BCUT2D eigenvalue weighted by Crippen LogP contribution is -2.36. The van der Waals surface area contributed by atoms with Gasteiger partial charge < -0.3 is 14.9 Å². The maximum Gasteiger partial charge on any atom is 0.259 e. The molecule has 1 N–H and O–H groups in total. The Bertz CT molecular complexity index is 559. The van der Waals surface area contributed by atoms with Crippen LogP contribution >= 0.6 is 11.6 Å². The van der Waals surface area contributed by atoms with E-state index >= 15 is 0 Å². The average molecular weight is 309 g/mol. The van der Waals surface area contributed by atoms with Gasteiger partial charge in [-0.25, -0.2) is 0 Å². The molecule has 1 aliphatic carbocycles. The van der Waals surface area contributed by atoms with Gasteiger partial charge in [-0.3, -0.25) is 4.79 Å². The van der Waals surface area contributed by atoms with Crippen LogP contribution in [0, 0.1) is 5.41 Å². The fraction of sp³-hybridized carbons (Fsp3) is 0.562. The van der Waals surface area contributed by atoms with Crippen molar-refractivity contribution in [3.8, 4) is 5.75 Å². The van der Waals surface area contributed by atoms with Crippen LogP contribution in [0.3, 0.4) is 0 Å². The average Bonchev–Trinajstić information content (AvgIpc) is 2.82. The van der Waals surface area contributed by atoms with E-state index in [4.69, 9.17) is 11.6 Å². The summed E-state index contributed by atoms with van der Waals surface area (Å²) in [6.07, 6.45) is 4.78. The lowest BCUT2D eigenvalue weighted by Gasteiger charge is -2.38. The van der Waals surface area contributed by atoms with E-state index in [1.54, 1.807) is 12.1 Å². The molecular formula is C16H21ClN2O2. The number of rotatable bonds is 2. The molecule has 0 bridgehead atoms. The normalized spacial score (nSPS) is 19.7. The van der Waals surface area contributed by atoms with Crippen molar-refractivity contribution in [3.05, 3.63) is 22.7 Å². The van der Waals surface area contributed by atoms with Crippen LogP contribution in [-0.4, -0.2) is 43.1 Å². The number of carbonyl (C=O) groups is 1. The molecule has 5 heteroatoms. The first-order valence-electron chi connectivity index (χ1n) is 7.41. The predicted molar refractivity (Wildman–Crippen MR) is 84.2 cm³/mol. The molecule has 1 spiro atoms. The zero-order chi connectivity index (χ0) is 15.2. The minimum atomic E-state index is -0.147. The van der Waals surface area contributed by atoms with Crippen LogP contribution in [0.2, 0.25) is 5.02 Å². The first-order chi connectivity index (χ1) is 9.92. The fourth-order valence-electron chi connectivity index (χ4n) is 3.40. The van der Waals surface area contributed by atoms with Gasteiger partial charge in [0.05, 0.1) is 5.02 Å². The smallest absolute Gasteiger partial charge is 0.259 e. The summed E-state index contributed by atoms with van der Waals surface area (Å²) in [5.41, 5.74) is 1.37. The van der Waals surface area contributed by atoms with Crippen LogP contribution in [0.4, 0.5) is 5.69 Å². The third-order valence-corrected chi connectivity index (χ3v) is 5.22. The monoisotopic (exact) mass is 308 g/mol. The molecule has 21 heavy (non-hydrogen) atoms. The van der Waals surface area contributed by atoms with Gasteiger partial charge in [-0.1, -0.05) is 18.0 Å². The third-order valence-electron chi connectivity index (χ3n) is 4.92. The van der Waals surface area contributed by atoms with Gasteiger partial charge in [0.15, 0.2) is 0 Å². The van der Waals surface area contributed by atoms with Crippen molar-refractivity contribution in [2.75, 3.05) is 32.1 Å². The molecule has 0 atom stereocenters. The third kappa shape index (κ3) is 2.46. The molecule has 1 heterocycles. The maximum absolute atomic E-state index is 12.7. The number of nitrogens with zero attached hydrogens (tertiary/aromatic N) is 2. The highest BCUT2D eigenvalue weighted by Crippen LogP contribution is 2.48. The number of phenolic OH excluding ortho intramolecular Hbond substituents is 1. The molecule has 0 aromatic heterocycles. The lowest BCUT2D eigenvalue weighted by molar-refractivity contribution is 0.0729. The van der Waals surface area contributed by atoms with Crippen LogP contribution in [0.15, 0.2) is 12.1 Å². The summed E-state index contributed by atoms with van der Waals surface area (Å²) in [6, 6.07) is 3.32. The number of halogens is 1. The summed E-state index contributed by atoms with van der Waals surface area (Å²) in [5, 5.41) is 10.5. The van der Waals surface area contributed by atoms with E-state index in [0.717, 1.165) is 25.2 Å². The highest BCUT2D eigenvalue weighted by molar-refractivity contribution is 6.34. The minimum Gasteiger partial charge on any atom is -0.507 e. The van der Waals surface area contributed by atoms with E-state index in [2.05, 4.69) is 0 Å². The molecule has 1 aromatic rings. The first-order valence-corrected chi connectivity index (χ1v) is 7.79. The molecule has 0 unspecified atom stereocenters. The summed E-state index contributed by atoms with van der Waals surface area (Å²) in [4.78, 5) is 16.4. The highest BCUT2D eigenvalue weighted by Gasteiger charge is 2.44. The SMILES string of the molecule is CN(C)c1cc(O)c(C(=O)N2CCC3(CCC3)C2)c(Cl)c1. The summed E-state index contributed by atoms with van der Waals surface area (Å²) in [5.74, 6) is -0.183. The molecule has 2 fully saturated rings. The Labute approximate surface area is 130 Å². The van der Waals surface area contributed by atoms with Crippen LogP contribution < -0.4 is 4.90 Å². The Morgan fingerprint density at radius 2 is 2.05 bits per heavy atom. The van der Waals surface area contributed by atoms with Crippen molar-refractivity contribution in [3.63, 3.8) is 0 Å². The molecule has 1 aliphatic heterocycles. The van der Waals surface area contributed by atoms with Gasteiger partial charge in [0, 0.05) is 38.9 Å². The molecular weight excluding hydrogens is 288 g/mol. The van der Waals surface area contributed by atoms with Crippen molar-refractivity contribution in [1.82, 2.24) is 4.90 Å². The van der Waals surface area contributed by atoms with Crippen LogP contribution in [-0.2, 0) is 0 Å². The summed E-state index contributed by atoms with van der Waals surface area (Å²) in [6.45, 7) is 1.57.